The molecule has 4 nitrogen and oxygen atoms in total. The van der Waals surface area contributed by atoms with Crippen LogP contribution < -0.4 is 4.90 Å². The maximum absolute atomic E-state index is 14.4. The fourth-order valence-corrected chi connectivity index (χ4v) is 5.80. The van der Waals surface area contributed by atoms with Crippen LogP contribution in [0.3, 0.4) is 0 Å². The number of carbonyl (C=O) groups is 2. The van der Waals surface area contributed by atoms with Crippen molar-refractivity contribution in [2.24, 2.45) is 0 Å². The molecule has 0 unspecified atom stereocenters. The molecule has 1 spiro atoms. The molecule has 3 aromatic carbocycles. The van der Waals surface area contributed by atoms with Crippen molar-refractivity contribution in [1.29, 1.82) is 0 Å². The van der Waals surface area contributed by atoms with Gasteiger partial charge in [0.05, 0.1) is 12.2 Å². The molecule has 2 heterocycles. The topological polar surface area (TPSA) is 40.6 Å². The summed E-state index contributed by atoms with van der Waals surface area (Å²) in [6, 6.07) is 15.8. The van der Waals surface area contributed by atoms with Crippen LogP contribution in [-0.2, 0) is 16.2 Å². The highest BCUT2D eigenvalue weighted by atomic mass is 32.2. The van der Waals surface area contributed by atoms with Gasteiger partial charge in [-0.05, 0) is 36.4 Å². The summed E-state index contributed by atoms with van der Waals surface area (Å²) in [5, 5.41) is 0. The average molecular weight is 454 g/mol. The molecule has 1 fully saturated rings. The zero-order chi connectivity index (χ0) is 22.5. The predicted molar refractivity (Wildman–Crippen MR) is 116 cm³/mol. The predicted octanol–water partition coefficient (Wildman–Crippen LogP) is 4.69. The van der Waals surface area contributed by atoms with Crippen molar-refractivity contribution >= 4 is 29.3 Å². The lowest BCUT2D eigenvalue weighted by atomic mass is 10.0. The van der Waals surface area contributed by atoms with Crippen LogP contribution in [0, 0.1) is 17.5 Å². The summed E-state index contributed by atoms with van der Waals surface area (Å²) < 4.78 is 42.5. The van der Waals surface area contributed by atoms with E-state index in [2.05, 4.69) is 0 Å². The Morgan fingerprint density at radius 2 is 1.69 bits per heavy atom. The number of rotatable bonds is 3. The molecule has 1 saturated heterocycles. The molecule has 0 aromatic heterocycles. The molecule has 32 heavy (non-hydrogen) atoms. The summed E-state index contributed by atoms with van der Waals surface area (Å²) in [6.07, 6.45) is 0. The molecule has 8 heteroatoms. The molecule has 5 rings (SSSR count). The Balaban J connectivity index is 1.60. The molecule has 1 atom stereocenters. The maximum Gasteiger partial charge on any atom is 0.268 e. The van der Waals surface area contributed by atoms with Crippen LogP contribution >= 0.6 is 11.8 Å². The van der Waals surface area contributed by atoms with Crippen molar-refractivity contribution in [3.05, 3.63) is 101 Å². The standard InChI is InChI=1S/C24H17F3N2O2S/c25-16-6-3-5-15(13-16)22(30)29-11-12-32-24(29)18-7-1-2-10-21(18)28(23(24)31)14-17-19(26)8-4-9-20(17)27/h1-10,13H,11-12,14H2/t24-/m1/s1. The number of nitrogens with zero attached hydrogens (tertiary/aromatic N) is 2. The first-order chi connectivity index (χ1) is 15.4. The van der Waals surface area contributed by atoms with E-state index in [1.54, 1.807) is 24.3 Å². The zero-order valence-electron chi connectivity index (χ0n) is 16.7. The van der Waals surface area contributed by atoms with Gasteiger partial charge in [0, 0.05) is 29.0 Å². The third-order valence-corrected chi connectivity index (χ3v) is 7.21. The number of hydrogen-bond acceptors (Lipinski definition) is 3. The van der Waals surface area contributed by atoms with Gasteiger partial charge in [-0.3, -0.25) is 9.59 Å². The smallest absolute Gasteiger partial charge is 0.268 e. The molecule has 2 aliphatic heterocycles. The number of anilines is 1. The molecule has 0 aliphatic carbocycles. The highest BCUT2D eigenvalue weighted by Crippen LogP contribution is 2.54. The Morgan fingerprint density at radius 1 is 0.969 bits per heavy atom. The summed E-state index contributed by atoms with van der Waals surface area (Å²) >= 11 is 1.29. The molecule has 162 valence electrons. The molecule has 0 saturated carbocycles. The quantitative estimate of drug-likeness (QED) is 0.577. The third-order valence-electron chi connectivity index (χ3n) is 5.80. The number of hydrogen-bond donors (Lipinski definition) is 0. The van der Waals surface area contributed by atoms with Crippen LogP contribution in [0.1, 0.15) is 21.5 Å². The lowest BCUT2D eigenvalue weighted by Crippen LogP contribution is -2.50. The van der Waals surface area contributed by atoms with Crippen molar-refractivity contribution in [2.45, 2.75) is 11.4 Å². The lowest BCUT2D eigenvalue weighted by molar-refractivity contribution is -0.123. The van der Waals surface area contributed by atoms with Gasteiger partial charge in [0.2, 0.25) is 0 Å². The summed E-state index contributed by atoms with van der Waals surface area (Å²) in [5.41, 5.74) is 0.982. The minimum absolute atomic E-state index is 0.135. The number of para-hydroxylation sites is 1. The second-order valence-corrected chi connectivity index (χ2v) is 8.86. The molecule has 0 N–H and O–H groups in total. The number of amides is 2. The highest BCUT2D eigenvalue weighted by Gasteiger charge is 2.59. The highest BCUT2D eigenvalue weighted by molar-refractivity contribution is 8.01. The Bertz CT molecular complexity index is 1230. The van der Waals surface area contributed by atoms with Crippen LogP contribution in [0.4, 0.5) is 18.9 Å². The first-order valence-corrected chi connectivity index (χ1v) is 11.0. The van der Waals surface area contributed by atoms with Crippen molar-refractivity contribution in [2.75, 3.05) is 17.2 Å². The van der Waals surface area contributed by atoms with E-state index >= 15 is 0 Å². The van der Waals surface area contributed by atoms with E-state index in [-0.39, 0.29) is 24.2 Å². The number of fused-ring (bicyclic) bond motifs is 2. The number of benzene rings is 3. The van der Waals surface area contributed by atoms with Gasteiger partial charge in [-0.2, -0.15) is 0 Å². The summed E-state index contributed by atoms with van der Waals surface area (Å²) in [6.45, 7) is -0.0271. The minimum atomic E-state index is -1.37. The summed E-state index contributed by atoms with van der Waals surface area (Å²) in [4.78, 5) is 28.5. The fourth-order valence-electron chi connectivity index (χ4n) is 4.34. The monoisotopic (exact) mass is 454 g/mol. The van der Waals surface area contributed by atoms with E-state index in [9.17, 15) is 22.8 Å². The van der Waals surface area contributed by atoms with E-state index in [1.165, 1.54) is 45.8 Å². The zero-order valence-corrected chi connectivity index (χ0v) is 17.5. The second-order valence-electron chi connectivity index (χ2n) is 7.57. The van der Waals surface area contributed by atoms with E-state index in [0.29, 0.717) is 17.0 Å². The number of carbonyl (C=O) groups excluding carboxylic acids is 2. The van der Waals surface area contributed by atoms with Gasteiger partial charge < -0.3 is 9.80 Å². The first-order valence-electron chi connectivity index (χ1n) is 9.99. The van der Waals surface area contributed by atoms with Crippen LogP contribution in [0.5, 0.6) is 0 Å². The number of halogens is 3. The summed E-state index contributed by atoms with van der Waals surface area (Å²) in [5.74, 6) is -2.48. The van der Waals surface area contributed by atoms with E-state index in [4.69, 9.17) is 0 Å². The van der Waals surface area contributed by atoms with Crippen molar-refractivity contribution in [3.8, 4) is 0 Å². The molecule has 0 radical (unpaired) electrons. The third kappa shape index (κ3) is 3.01. The van der Waals surface area contributed by atoms with Crippen LogP contribution in [0.25, 0.3) is 0 Å². The minimum Gasteiger partial charge on any atom is -0.311 e. The largest absolute Gasteiger partial charge is 0.311 e. The SMILES string of the molecule is O=C(c1cccc(F)c1)N1CCS[C@]12C(=O)N(Cc1c(F)cccc1F)c1ccccc12. The Morgan fingerprint density at radius 3 is 2.44 bits per heavy atom. The molecular weight excluding hydrogens is 437 g/mol. The van der Waals surface area contributed by atoms with Gasteiger partial charge in [0.15, 0.2) is 4.87 Å². The average Bonchev–Trinajstić information content (AvgIpc) is 3.32. The van der Waals surface area contributed by atoms with Crippen LogP contribution in [0.2, 0.25) is 0 Å². The Kier molecular flexibility index (Phi) is 4.97. The van der Waals surface area contributed by atoms with E-state index in [1.807, 2.05) is 0 Å². The van der Waals surface area contributed by atoms with Crippen molar-refractivity contribution in [3.63, 3.8) is 0 Å². The van der Waals surface area contributed by atoms with Gasteiger partial charge in [0.25, 0.3) is 11.8 Å². The van der Waals surface area contributed by atoms with Gasteiger partial charge in [-0.25, -0.2) is 13.2 Å². The van der Waals surface area contributed by atoms with E-state index in [0.717, 1.165) is 18.2 Å². The van der Waals surface area contributed by atoms with E-state index < -0.39 is 34.1 Å². The fraction of sp³-hybridized carbons (Fsp3) is 0.167. The Labute approximate surface area is 186 Å². The van der Waals surface area contributed by atoms with Crippen LogP contribution in [0.15, 0.2) is 66.7 Å². The molecule has 2 amide bonds. The molecule has 0 bridgehead atoms. The normalized spacial score (nSPS) is 19.7. The maximum atomic E-state index is 14.4. The van der Waals surface area contributed by atoms with Gasteiger partial charge in [-0.15, -0.1) is 11.8 Å². The number of thioether (sulfide) groups is 1. The van der Waals surface area contributed by atoms with Gasteiger partial charge in [-0.1, -0.05) is 30.3 Å². The molecular formula is C24H17F3N2O2S. The first kappa shape index (κ1) is 20.6. The second kappa shape index (κ2) is 7.70. The van der Waals surface area contributed by atoms with Crippen LogP contribution in [-0.4, -0.2) is 29.0 Å². The molecule has 2 aliphatic rings. The van der Waals surface area contributed by atoms with Crippen molar-refractivity contribution in [1.82, 2.24) is 4.90 Å². The van der Waals surface area contributed by atoms with Gasteiger partial charge in [0.1, 0.15) is 17.5 Å². The van der Waals surface area contributed by atoms with Crippen molar-refractivity contribution < 1.29 is 22.8 Å². The Hall–Kier alpha value is -3.26. The van der Waals surface area contributed by atoms with Gasteiger partial charge >= 0.3 is 0 Å². The molecule has 3 aromatic rings. The lowest BCUT2D eigenvalue weighted by Gasteiger charge is -2.33. The summed E-state index contributed by atoms with van der Waals surface area (Å²) in [7, 11) is 0.